The fourth-order valence-electron chi connectivity index (χ4n) is 2.72. The zero-order chi connectivity index (χ0) is 19.0. The summed E-state index contributed by atoms with van der Waals surface area (Å²) in [6, 6.07) is 10.9. The highest BCUT2D eigenvalue weighted by molar-refractivity contribution is 7.19. The topological polar surface area (TPSA) is 90.0 Å². The van der Waals surface area contributed by atoms with Gasteiger partial charge >= 0.3 is 0 Å². The monoisotopic (exact) mass is 380 g/mol. The van der Waals surface area contributed by atoms with Crippen molar-refractivity contribution in [3.63, 3.8) is 0 Å². The van der Waals surface area contributed by atoms with Gasteiger partial charge in [0.1, 0.15) is 12.2 Å². The summed E-state index contributed by atoms with van der Waals surface area (Å²) >= 11 is 1.38. The van der Waals surface area contributed by atoms with Gasteiger partial charge in [-0.05, 0) is 38.1 Å². The van der Waals surface area contributed by atoms with E-state index in [-0.39, 0.29) is 12.5 Å². The van der Waals surface area contributed by atoms with Crippen molar-refractivity contribution in [2.45, 2.75) is 20.4 Å². The number of hydrogen-bond donors (Lipinski definition) is 1. The number of hydrogen-bond acceptors (Lipinski definition) is 6. The third-order valence-electron chi connectivity index (χ3n) is 3.99. The Morgan fingerprint density at radius 3 is 2.70 bits per heavy atom. The molecule has 27 heavy (non-hydrogen) atoms. The van der Waals surface area contributed by atoms with Crippen molar-refractivity contribution >= 4 is 33.1 Å². The van der Waals surface area contributed by atoms with Gasteiger partial charge in [0.05, 0.1) is 16.0 Å². The lowest BCUT2D eigenvalue weighted by Crippen LogP contribution is -2.30. The molecule has 1 aromatic carbocycles. The maximum atomic E-state index is 12.7. The van der Waals surface area contributed by atoms with Crippen molar-refractivity contribution in [3.05, 3.63) is 63.6 Å². The Hall–Kier alpha value is -3.26. The van der Waals surface area contributed by atoms with Gasteiger partial charge in [0.15, 0.2) is 11.3 Å². The van der Waals surface area contributed by atoms with E-state index in [1.165, 1.54) is 17.6 Å². The summed E-state index contributed by atoms with van der Waals surface area (Å²) in [5.74, 6) is 0.182. The van der Waals surface area contributed by atoms with Crippen molar-refractivity contribution in [1.82, 2.24) is 14.8 Å². The molecule has 4 rings (SSSR count). The molecule has 0 atom stereocenters. The first-order valence-electron chi connectivity index (χ1n) is 8.30. The second-order valence-corrected chi connectivity index (χ2v) is 7.32. The number of carbonyl (C=O) groups excluding carboxylic acids is 1. The largest absolute Gasteiger partial charge is 0.463 e. The van der Waals surface area contributed by atoms with Crippen LogP contribution in [0.5, 0.6) is 0 Å². The average Bonchev–Trinajstić information content (AvgIpc) is 3.29. The molecule has 0 aliphatic heterocycles. The molecule has 0 saturated heterocycles. The fourth-order valence-corrected chi connectivity index (χ4v) is 3.62. The number of thiazole rings is 1. The summed E-state index contributed by atoms with van der Waals surface area (Å²) in [6.07, 6.45) is 1.54. The van der Waals surface area contributed by atoms with Gasteiger partial charge in [-0.15, -0.1) is 11.3 Å². The third-order valence-corrected chi connectivity index (χ3v) is 4.97. The number of benzene rings is 1. The van der Waals surface area contributed by atoms with Crippen molar-refractivity contribution in [3.8, 4) is 11.5 Å². The van der Waals surface area contributed by atoms with E-state index in [1.807, 2.05) is 38.1 Å². The molecular weight excluding hydrogens is 364 g/mol. The summed E-state index contributed by atoms with van der Waals surface area (Å²) < 4.78 is 7.23. The molecule has 0 aliphatic carbocycles. The van der Waals surface area contributed by atoms with Crippen LogP contribution in [0.2, 0.25) is 0 Å². The van der Waals surface area contributed by atoms with Gasteiger partial charge in [-0.25, -0.2) is 9.67 Å². The summed E-state index contributed by atoms with van der Waals surface area (Å²) in [6.45, 7) is 3.58. The van der Waals surface area contributed by atoms with Crippen molar-refractivity contribution in [1.29, 1.82) is 0 Å². The molecule has 8 heteroatoms. The minimum absolute atomic E-state index is 0.215. The highest BCUT2D eigenvalue weighted by atomic mass is 32.1. The van der Waals surface area contributed by atoms with Gasteiger partial charge in [0, 0.05) is 5.69 Å². The van der Waals surface area contributed by atoms with Gasteiger partial charge in [-0.2, -0.15) is 5.10 Å². The Labute approximate surface area is 158 Å². The molecule has 0 unspecified atom stereocenters. The highest BCUT2D eigenvalue weighted by Crippen LogP contribution is 2.29. The van der Waals surface area contributed by atoms with E-state index in [4.69, 9.17) is 4.42 Å². The SMILES string of the molecule is Cc1ccc(NC(=O)Cn2nc(-c3ccco3)c3sc(C)nc3c2=O)cc1. The number of amides is 1. The number of aromatic nitrogens is 3. The number of anilines is 1. The van der Waals surface area contributed by atoms with E-state index in [2.05, 4.69) is 15.4 Å². The lowest BCUT2D eigenvalue weighted by Gasteiger charge is -2.08. The van der Waals surface area contributed by atoms with Crippen LogP contribution in [0.3, 0.4) is 0 Å². The van der Waals surface area contributed by atoms with Crippen LogP contribution in [-0.4, -0.2) is 20.7 Å². The van der Waals surface area contributed by atoms with E-state index in [0.717, 1.165) is 15.3 Å². The average molecular weight is 380 g/mol. The maximum absolute atomic E-state index is 12.7. The number of furan rings is 1. The Bertz CT molecular complexity index is 1170. The molecule has 0 radical (unpaired) electrons. The van der Waals surface area contributed by atoms with Gasteiger partial charge in [0.2, 0.25) is 5.91 Å². The Balaban J connectivity index is 1.71. The zero-order valence-corrected chi connectivity index (χ0v) is 15.5. The third kappa shape index (κ3) is 3.39. The van der Waals surface area contributed by atoms with Gasteiger partial charge in [0.25, 0.3) is 5.56 Å². The molecule has 4 aromatic rings. The molecule has 0 bridgehead atoms. The van der Waals surface area contributed by atoms with Crippen LogP contribution < -0.4 is 10.9 Å². The minimum atomic E-state index is -0.399. The van der Waals surface area contributed by atoms with Crippen LogP contribution in [0, 0.1) is 13.8 Å². The predicted octanol–water partition coefficient (Wildman–Crippen LogP) is 3.37. The molecule has 0 aliphatic rings. The zero-order valence-electron chi connectivity index (χ0n) is 14.7. The Morgan fingerprint density at radius 2 is 2.00 bits per heavy atom. The second kappa shape index (κ2) is 6.81. The Morgan fingerprint density at radius 1 is 1.22 bits per heavy atom. The smallest absolute Gasteiger partial charge is 0.294 e. The van der Waals surface area contributed by atoms with Crippen molar-refractivity contribution in [2.75, 3.05) is 5.32 Å². The number of nitrogens with zero attached hydrogens (tertiary/aromatic N) is 3. The lowest BCUT2D eigenvalue weighted by molar-refractivity contribution is -0.117. The van der Waals surface area contributed by atoms with E-state index in [9.17, 15) is 9.59 Å². The number of rotatable bonds is 4. The van der Waals surface area contributed by atoms with Gasteiger partial charge < -0.3 is 9.73 Å². The Kier molecular flexibility index (Phi) is 4.33. The molecule has 1 N–H and O–H groups in total. The highest BCUT2D eigenvalue weighted by Gasteiger charge is 2.19. The van der Waals surface area contributed by atoms with Crippen LogP contribution in [0.1, 0.15) is 10.6 Å². The van der Waals surface area contributed by atoms with E-state index in [1.54, 1.807) is 12.1 Å². The standard InChI is InChI=1S/C19H16N4O3S/c1-11-5-7-13(8-6-11)21-15(24)10-23-19(25)17-18(27-12(2)20-17)16(22-23)14-4-3-9-26-14/h3-9H,10H2,1-2H3,(H,21,24). The first kappa shape index (κ1) is 17.2. The summed E-state index contributed by atoms with van der Waals surface area (Å²) in [4.78, 5) is 29.5. The van der Waals surface area contributed by atoms with Crippen LogP contribution in [0.15, 0.2) is 51.9 Å². The molecule has 0 spiro atoms. The van der Waals surface area contributed by atoms with E-state index in [0.29, 0.717) is 27.4 Å². The van der Waals surface area contributed by atoms with Gasteiger partial charge in [-0.1, -0.05) is 17.7 Å². The van der Waals surface area contributed by atoms with Crippen molar-refractivity contribution < 1.29 is 9.21 Å². The molecule has 0 fully saturated rings. The summed E-state index contributed by atoms with van der Waals surface area (Å²) in [5, 5.41) is 7.89. The molecule has 1 amide bonds. The molecule has 3 aromatic heterocycles. The number of aryl methyl sites for hydroxylation is 2. The van der Waals surface area contributed by atoms with Crippen molar-refractivity contribution in [2.24, 2.45) is 0 Å². The molecule has 136 valence electrons. The summed E-state index contributed by atoms with van der Waals surface area (Å²) in [5.41, 5.74) is 2.16. The van der Waals surface area contributed by atoms with Crippen LogP contribution >= 0.6 is 11.3 Å². The number of carbonyl (C=O) groups is 1. The maximum Gasteiger partial charge on any atom is 0.294 e. The van der Waals surface area contributed by atoms with Gasteiger partial charge in [-0.3, -0.25) is 9.59 Å². The second-order valence-electron chi connectivity index (χ2n) is 6.11. The molecule has 0 saturated carbocycles. The van der Waals surface area contributed by atoms with Crippen LogP contribution in [-0.2, 0) is 11.3 Å². The fraction of sp³-hybridized carbons (Fsp3) is 0.158. The molecule has 3 heterocycles. The first-order valence-corrected chi connectivity index (χ1v) is 9.11. The number of fused-ring (bicyclic) bond motifs is 1. The van der Waals surface area contributed by atoms with E-state index < -0.39 is 5.56 Å². The quantitative estimate of drug-likeness (QED) is 0.586. The van der Waals surface area contributed by atoms with E-state index >= 15 is 0 Å². The molecule has 7 nitrogen and oxygen atoms in total. The molecular formula is C19H16N4O3S. The minimum Gasteiger partial charge on any atom is -0.463 e. The lowest BCUT2D eigenvalue weighted by atomic mass is 10.2. The van der Waals surface area contributed by atoms with Crippen LogP contribution in [0.4, 0.5) is 5.69 Å². The van der Waals surface area contributed by atoms with Crippen LogP contribution in [0.25, 0.3) is 21.7 Å². The summed E-state index contributed by atoms with van der Waals surface area (Å²) in [7, 11) is 0. The number of nitrogens with one attached hydrogen (secondary N) is 1. The normalized spacial score (nSPS) is 11.0. The first-order chi connectivity index (χ1) is 13.0. The predicted molar refractivity (Wildman–Crippen MR) is 104 cm³/mol.